The van der Waals surface area contributed by atoms with E-state index in [0.29, 0.717) is 6.61 Å². The average molecular weight is 306 g/mol. The molecule has 0 aromatic heterocycles. The molecule has 94 valence electrons. The summed E-state index contributed by atoms with van der Waals surface area (Å²) >= 11 is 3.38. The molecule has 1 aliphatic rings. The summed E-state index contributed by atoms with van der Waals surface area (Å²) in [6.07, 6.45) is -0.632. The number of ether oxygens (including phenoxy) is 1. The van der Waals surface area contributed by atoms with Crippen LogP contribution in [0.15, 0.2) is 22.7 Å². The lowest BCUT2D eigenvalue weighted by Gasteiger charge is -2.18. The van der Waals surface area contributed by atoms with Gasteiger partial charge in [0, 0.05) is 16.1 Å². The Bertz CT molecular complexity index is 387. The summed E-state index contributed by atoms with van der Waals surface area (Å²) in [5.74, 6) is 0.781. The molecule has 0 saturated carbocycles. The Morgan fingerprint density at radius 1 is 1.47 bits per heavy atom. The molecule has 0 aliphatic carbocycles. The van der Waals surface area contributed by atoms with Crippen molar-refractivity contribution in [3.8, 4) is 5.75 Å². The quantitative estimate of drug-likeness (QED) is 0.922. The maximum atomic E-state index is 12.2. The van der Waals surface area contributed by atoms with Gasteiger partial charge in [-0.05, 0) is 25.0 Å². The minimum atomic E-state index is -2.32. The van der Waals surface area contributed by atoms with Crippen LogP contribution in [0.1, 0.15) is 24.4 Å². The van der Waals surface area contributed by atoms with E-state index < -0.39 is 6.43 Å². The monoisotopic (exact) mass is 305 g/mol. The molecule has 17 heavy (non-hydrogen) atoms. The van der Waals surface area contributed by atoms with Crippen LogP contribution in [-0.2, 0) is 0 Å². The largest absolute Gasteiger partial charge is 0.493 e. The molecular formula is C12H14BrF2NO. The Balaban J connectivity index is 2.18. The van der Waals surface area contributed by atoms with E-state index in [2.05, 4.69) is 21.2 Å². The van der Waals surface area contributed by atoms with Crippen LogP contribution in [0.25, 0.3) is 0 Å². The van der Waals surface area contributed by atoms with E-state index in [4.69, 9.17) is 4.74 Å². The predicted octanol–water partition coefficient (Wildman–Crippen LogP) is 3.52. The van der Waals surface area contributed by atoms with Crippen molar-refractivity contribution < 1.29 is 13.5 Å². The van der Waals surface area contributed by atoms with Gasteiger partial charge in [0.1, 0.15) is 5.75 Å². The zero-order chi connectivity index (χ0) is 12.3. The molecule has 1 heterocycles. The van der Waals surface area contributed by atoms with Gasteiger partial charge in [-0.1, -0.05) is 22.0 Å². The number of fused-ring (bicyclic) bond motifs is 1. The van der Waals surface area contributed by atoms with Crippen LogP contribution < -0.4 is 10.1 Å². The van der Waals surface area contributed by atoms with Gasteiger partial charge in [-0.15, -0.1) is 0 Å². The average Bonchev–Trinajstić information content (AvgIpc) is 2.48. The van der Waals surface area contributed by atoms with E-state index in [0.717, 1.165) is 28.6 Å². The van der Waals surface area contributed by atoms with Gasteiger partial charge in [-0.2, -0.15) is 0 Å². The third-order valence-electron chi connectivity index (χ3n) is 2.76. The van der Waals surface area contributed by atoms with Gasteiger partial charge >= 0.3 is 0 Å². The van der Waals surface area contributed by atoms with Crippen LogP contribution in [0, 0.1) is 0 Å². The number of benzene rings is 1. The van der Waals surface area contributed by atoms with Crippen LogP contribution in [0.3, 0.4) is 0 Å². The van der Waals surface area contributed by atoms with Crippen LogP contribution in [-0.4, -0.2) is 19.6 Å². The van der Waals surface area contributed by atoms with Gasteiger partial charge in [-0.25, -0.2) is 8.78 Å². The highest BCUT2D eigenvalue weighted by Gasteiger charge is 2.20. The van der Waals surface area contributed by atoms with E-state index in [9.17, 15) is 8.78 Å². The van der Waals surface area contributed by atoms with Crippen LogP contribution in [0.2, 0.25) is 0 Å². The summed E-state index contributed by atoms with van der Waals surface area (Å²) in [6, 6.07) is 5.67. The zero-order valence-electron chi connectivity index (χ0n) is 9.26. The topological polar surface area (TPSA) is 21.3 Å². The summed E-state index contributed by atoms with van der Waals surface area (Å²) in [4.78, 5) is 0. The number of hydrogen-bond donors (Lipinski definition) is 1. The first kappa shape index (κ1) is 12.8. The van der Waals surface area contributed by atoms with Gasteiger partial charge in [-0.3, -0.25) is 0 Å². The van der Waals surface area contributed by atoms with Crippen molar-refractivity contribution in [2.75, 3.05) is 13.2 Å². The van der Waals surface area contributed by atoms with Crippen molar-refractivity contribution in [3.63, 3.8) is 0 Å². The molecule has 1 aromatic rings. The summed E-state index contributed by atoms with van der Waals surface area (Å²) in [7, 11) is 0. The minimum Gasteiger partial charge on any atom is -0.493 e. The summed E-state index contributed by atoms with van der Waals surface area (Å²) in [5.41, 5.74) is 0.964. The second kappa shape index (κ2) is 5.78. The molecule has 1 unspecified atom stereocenters. The molecule has 0 saturated heterocycles. The Labute approximate surface area is 107 Å². The smallest absolute Gasteiger partial charge is 0.250 e. The number of rotatable bonds is 3. The molecule has 2 rings (SSSR count). The first-order valence-corrected chi connectivity index (χ1v) is 6.40. The third-order valence-corrected chi connectivity index (χ3v) is 3.26. The van der Waals surface area contributed by atoms with Crippen LogP contribution >= 0.6 is 15.9 Å². The van der Waals surface area contributed by atoms with Crippen molar-refractivity contribution in [2.24, 2.45) is 0 Å². The molecule has 0 amide bonds. The van der Waals surface area contributed by atoms with Crippen molar-refractivity contribution in [1.82, 2.24) is 5.32 Å². The molecule has 1 atom stereocenters. The van der Waals surface area contributed by atoms with Gasteiger partial charge in [0.05, 0.1) is 13.2 Å². The molecule has 1 N–H and O–H groups in total. The fraction of sp³-hybridized carbons (Fsp3) is 0.500. The van der Waals surface area contributed by atoms with Crippen molar-refractivity contribution in [1.29, 1.82) is 0 Å². The Morgan fingerprint density at radius 2 is 2.29 bits per heavy atom. The summed E-state index contributed by atoms with van der Waals surface area (Å²) in [5, 5.41) is 2.89. The van der Waals surface area contributed by atoms with E-state index in [-0.39, 0.29) is 12.6 Å². The number of alkyl halides is 2. The first-order chi connectivity index (χ1) is 8.16. The molecular weight excluding hydrogens is 292 g/mol. The lowest BCUT2D eigenvalue weighted by molar-refractivity contribution is 0.140. The highest BCUT2D eigenvalue weighted by Crippen LogP contribution is 2.33. The molecule has 1 aliphatic heterocycles. The zero-order valence-corrected chi connectivity index (χ0v) is 10.8. The van der Waals surface area contributed by atoms with Crippen molar-refractivity contribution in [2.45, 2.75) is 25.3 Å². The Kier molecular flexibility index (Phi) is 4.34. The normalized spacial score (nSPS) is 19.6. The van der Waals surface area contributed by atoms with Gasteiger partial charge < -0.3 is 10.1 Å². The fourth-order valence-electron chi connectivity index (χ4n) is 1.99. The van der Waals surface area contributed by atoms with Gasteiger partial charge in [0.2, 0.25) is 0 Å². The van der Waals surface area contributed by atoms with Gasteiger partial charge in [0.25, 0.3) is 6.43 Å². The standard InChI is InChI=1S/C12H14BrF2NO/c13-8-3-4-9-10(16-7-12(14)15)2-1-5-17-11(9)6-8/h3-4,6,10,12,16H,1-2,5,7H2. The van der Waals surface area contributed by atoms with E-state index in [1.165, 1.54) is 0 Å². The predicted molar refractivity (Wildman–Crippen MR) is 65.6 cm³/mol. The second-order valence-electron chi connectivity index (χ2n) is 4.02. The van der Waals surface area contributed by atoms with E-state index in [1.807, 2.05) is 18.2 Å². The van der Waals surface area contributed by atoms with Gasteiger partial charge in [0.15, 0.2) is 0 Å². The first-order valence-electron chi connectivity index (χ1n) is 5.60. The van der Waals surface area contributed by atoms with E-state index in [1.54, 1.807) is 0 Å². The number of halogens is 3. The molecule has 0 radical (unpaired) electrons. The van der Waals surface area contributed by atoms with E-state index >= 15 is 0 Å². The number of nitrogens with one attached hydrogen (secondary N) is 1. The van der Waals surface area contributed by atoms with Crippen molar-refractivity contribution in [3.05, 3.63) is 28.2 Å². The number of hydrogen-bond acceptors (Lipinski definition) is 2. The Hall–Kier alpha value is -0.680. The third kappa shape index (κ3) is 3.39. The maximum Gasteiger partial charge on any atom is 0.250 e. The minimum absolute atomic E-state index is 0.0467. The van der Waals surface area contributed by atoms with Crippen LogP contribution in [0.5, 0.6) is 5.75 Å². The lowest BCUT2D eigenvalue weighted by atomic mass is 10.0. The highest BCUT2D eigenvalue weighted by molar-refractivity contribution is 9.10. The summed E-state index contributed by atoms with van der Waals surface area (Å²) < 4.78 is 31.0. The fourth-order valence-corrected chi connectivity index (χ4v) is 2.33. The van der Waals surface area contributed by atoms with Crippen LogP contribution in [0.4, 0.5) is 8.78 Å². The SMILES string of the molecule is FC(F)CNC1CCCOc2cc(Br)ccc21. The second-order valence-corrected chi connectivity index (χ2v) is 4.94. The highest BCUT2D eigenvalue weighted by atomic mass is 79.9. The van der Waals surface area contributed by atoms with Crippen molar-refractivity contribution >= 4 is 15.9 Å². The maximum absolute atomic E-state index is 12.2. The molecule has 0 spiro atoms. The lowest BCUT2D eigenvalue weighted by Crippen LogP contribution is -2.26. The molecule has 0 bridgehead atoms. The molecule has 0 fully saturated rings. The molecule has 5 heteroatoms. The summed E-state index contributed by atoms with van der Waals surface area (Å²) in [6.45, 7) is 0.358. The molecule has 2 nitrogen and oxygen atoms in total. The molecule has 1 aromatic carbocycles. The Morgan fingerprint density at radius 3 is 3.06 bits per heavy atom.